The predicted molar refractivity (Wildman–Crippen MR) is 38.1 cm³/mol. The first-order chi connectivity index (χ1) is 5.75. The van der Waals surface area contributed by atoms with E-state index in [0.717, 1.165) is 0 Å². The molecule has 13 heavy (non-hydrogen) atoms. The lowest BCUT2D eigenvalue weighted by Crippen LogP contribution is -2.42. The summed E-state index contributed by atoms with van der Waals surface area (Å²) in [5, 5.41) is 0. The van der Waals surface area contributed by atoms with Crippen molar-refractivity contribution in [3.8, 4) is 0 Å². The molecule has 0 aromatic carbocycles. The number of cyclic esters (lactones) is 1. The smallest absolute Gasteiger partial charge is 0.425 e. The summed E-state index contributed by atoms with van der Waals surface area (Å²) >= 11 is 5.33. The number of rotatable bonds is 1. The van der Waals surface area contributed by atoms with Gasteiger partial charge in [0.2, 0.25) is 0 Å². The highest BCUT2D eigenvalue weighted by Crippen LogP contribution is 2.36. The number of amides is 1. The molecule has 1 rings (SSSR count). The summed E-state index contributed by atoms with van der Waals surface area (Å²) in [6.07, 6.45) is -6.47. The van der Waals surface area contributed by atoms with E-state index in [1.165, 1.54) is 6.92 Å². The lowest BCUT2D eigenvalue weighted by Gasteiger charge is -2.26. The van der Waals surface area contributed by atoms with E-state index in [-0.39, 0.29) is 6.61 Å². The van der Waals surface area contributed by atoms with Crippen molar-refractivity contribution in [2.24, 2.45) is 0 Å². The number of nitrogens with zero attached hydrogens (tertiary/aromatic N) is 1. The van der Waals surface area contributed by atoms with Crippen molar-refractivity contribution in [3.05, 3.63) is 0 Å². The van der Waals surface area contributed by atoms with Gasteiger partial charge in [-0.25, -0.2) is 9.21 Å². The third-order valence-corrected chi connectivity index (χ3v) is 2.27. The Labute approximate surface area is 77.5 Å². The van der Waals surface area contributed by atoms with Crippen LogP contribution in [0, 0.1) is 0 Å². The summed E-state index contributed by atoms with van der Waals surface area (Å²) in [6.45, 7) is 0.882. The molecule has 1 heterocycles. The van der Waals surface area contributed by atoms with Crippen molar-refractivity contribution in [1.82, 2.24) is 4.42 Å². The normalized spacial score (nSPS) is 29.3. The van der Waals surface area contributed by atoms with Gasteiger partial charge in [-0.05, 0) is 6.92 Å². The largest absolute Gasteiger partial charge is 0.446 e. The van der Waals surface area contributed by atoms with Gasteiger partial charge in [-0.15, -0.1) is 0 Å². The molecule has 7 heteroatoms. The number of carbonyl (C=O) groups is 1. The van der Waals surface area contributed by atoms with Crippen molar-refractivity contribution < 1.29 is 22.7 Å². The molecule has 1 saturated heterocycles. The average molecular weight is 218 g/mol. The quantitative estimate of drug-likeness (QED) is 0.631. The predicted octanol–water partition coefficient (Wildman–Crippen LogP) is 2.30. The highest BCUT2D eigenvalue weighted by molar-refractivity contribution is 6.21. The molecule has 0 aromatic heterocycles. The Balaban J connectivity index is 2.72. The second-order valence-electron chi connectivity index (χ2n) is 3.12. The third-order valence-electron chi connectivity index (χ3n) is 1.72. The van der Waals surface area contributed by atoms with Crippen LogP contribution in [0.5, 0.6) is 0 Å². The second kappa shape index (κ2) is 2.94. The number of hydrogen-bond acceptors (Lipinski definition) is 2. The van der Waals surface area contributed by atoms with Gasteiger partial charge in [0, 0.05) is 11.8 Å². The molecule has 1 amide bonds. The molecule has 1 atom stereocenters. The first kappa shape index (κ1) is 10.4. The summed E-state index contributed by atoms with van der Waals surface area (Å²) in [5.41, 5.74) is -1.49. The molecule has 0 aromatic rings. The maximum atomic E-state index is 12.0. The Bertz CT molecular complexity index is 232. The van der Waals surface area contributed by atoms with Gasteiger partial charge in [-0.1, -0.05) is 0 Å². The van der Waals surface area contributed by atoms with Crippen molar-refractivity contribution in [3.63, 3.8) is 0 Å². The monoisotopic (exact) mass is 217 g/mol. The molecule has 1 aliphatic rings. The lowest BCUT2D eigenvalue weighted by molar-refractivity contribution is -0.151. The van der Waals surface area contributed by atoms with Crippen molar-refractivity contribution in [2.45, 2.75) is 25.1 Å². The third kappa shape index (κ3) is 2.18. The van der Waals surface area contributed by atoms with E-state index in [9.17, 15) is 18.0 Å². The van der Waals surface area contributed by atoms with Crippen LogP contribution in [0.4, 0.5) is 18.0 Å². The molecule has 3 nitrogen and oxygen atoms in total. The molecule has 0 bridgehead atoms. The molecular formula is C6H7ClF3NO2. The molecule has 0 radical (unpaired) electrons. The molecule has 0 saturated carbocycles. The van der Waals surface area contributed by atoms with Gasteiger partial charge >= 0.3 is 12.3 Å². The number of hydrogen-bond donors (Lipinski definition) is 0. The van der Waals surface area contributed by atoms with Gasteiger partial charge in [0.1, 0.15) is 12.1 Å². The Morgan fingerprint density at radius 3 is 2.54 bits per heavy atom. The Kier molecular flexibility index (Phi) is 2.36. The van der Waals surface area contributed by atoms with Gasteiger partial charge in [0.05, 0.1) is 6.42 Å². The summed E-state index contributed by atoms with van der Waals surface area (Å²) in [5.74, 6) is 0. The maximum Gasteiger partial charge on any atom is 0.425 e. The molecule has 1 fully saturated rings. The summed E-state index contributed by atoms with van der Waals surface area (Å²) in [6, 6.07) is 0. The first-order valence-corrected chi connectivity index (χ1v) is 3.78. The zero-order valence-corrected chi connectivity index (χ0v) is 7.45. The second-order valence-corrected chi connectivity index (χ2v) is 3.46. The lowest BCUT2D eigenvalue weighted by atomic mass is 10.00. The van der Waals surface area contributed by atoms with Gasteiger partial charge < -0.3 is 4.74 Å². The van der Waals surface area contributed by atoms with Crippen LogP contribution in [-0.4, -0.2) is 28.8 Å². The number of halogens is 4. The molecule has 1 unspecified atom stereocenters. The summed E-state index contributed by atoms with van der Waals surface area (Å²) in [7, 11) is 0. The Hall–Kier alpha value is -0.650. The van der Waals surface area contributed by atoms with Gasteiger partial charge in [0.25, 0.3) is 0 Å². The fourth-order valence-corrected chi connectivity index (χ4v) is 1.26. The SMILES string of the molecule is CC1(CC(F)(F)F)COC(=O)N1Cl. The standard InChI is InChI=1S/C6H7ClF3NO2/c1-5(2-6(8,9)10)3-13-4(12)11(5)7/h2-3H2,1H3. The van der Waals surface area contributed by atoms with Crippen LogP contribution in [0.1, 0.15) is 13.3 Å². The summed E-state index contributed by atoms with van der Waals surface area (Å²) in [4.78, 5) is 10.7. The van der Waals surface area contributed by atoms with Crippen molar-refractivity contribution >= 4 is 17.9 Å². The van der Waals surface area contributed by atoms with E-state index in [1.807, 2.05) is 0 Å². The van der Waals surface area contributed by atoms with E-state index < -0.39 is 24.2 Å². The topological polar surface area (TPSA) is 29.5 Å². The zero-order chi connectivity index (χ0) is 10.3. The van der Waals surface area contributed by atoms with Crippen molar-refractivity contribution in [2.75, 3.05) is 6.61 Å². The van der Waals surface area contributed by atoms with Crippen LogP contribution in [0.3, 0.4) is 0 Å². The number of alkyl halides is 3. The molecule has 1 aliphatic heterocycles. The van der Waals surface area contributed by atoms with E-state index in [4.69, 9.17) is 11.8 Å². The molecule has 0 aliphatic carbocycles. The fourth-order valence-electron chi connectivity index (χ4n) is 1.10. The van der Waals surface area contributed by atoms with Gasteiger partial charge in [-0.3, -0.25) is 0 Å². The van der Waals surface area contributed by atoms with Crippen LogP contribution in [-0.2, 0) is 4.74 Å². The van der Waals surface area contributed by atoms with Crippen LogP contribution >= 0.6 is 11.8 Å². The Morgan fingerprint density at radius 2 is 2.23 bits per heavy atom. The van der Waals surface area contributed by atoms with Crippen LogP contribution in [0.15, 0.2) is 0 Å². The first-order valence-electron chi connectivity index (χ1n) is 3.44. The van der Waals surface area contributed by atoms with Gasteiger partial charge in [0.15, 0.2) is 0 Å². The maximum absolute atomic E-state index is 12.0. The fraction of sp³-hybridized carbons (Fsp3) is 0.833. The highest BCUT2D eigenvalue weighted by Gasteiger charge is 2.50. The minimum atomic E-state index is -4.37. The van der Waals surface area contributed by atoms with Crippen LogP contribution in [0.2, 0.25) is 0 Å². The molecular weight excluding hydrogens is 211 g/mol. The van der Waals surface area contributed by atoms with E-state index in [0.29, 0.717) is 4.42 Å². The van der Waals surface area contributed by atoms with Crippen LogP contribution < -0.4 is 0 Å². The van der Waals surface area contributed by atoms with E-state index in [1.54, 1.807) is 0 Å². The minimum absolute atomic E-state index is 0.338. The zero-order valence-electron chi connectivity index (χ0n) is 6.69. The molecule has 0 spiro atoms. The highest BCUT2D eigenvalue weighted by atomic mass is 35.5. The number of ether oxygens (including phenoxy) is 1. The van der Waals surface area contributed by atoms with E-state index in [2.05, 4.69) is 4.74 Å². The van der Waals surface area contributed by atoms with Crippen molar-refractivity contribution in [1.29, 1.82) is 0 Å². The van der Waals surface area contributed by atoms with Crippen LogP contribution in [0.25, 0.3) is 0 Å². The Morgan fingerprint density at radius 1 is 1.69 bits per heavy atom. The van der Waals surface area contributed by atoms with E-state index >= 15 is 0 Å². The minimum Gasteiger partial charge on any atom is -0.446 e. The molecule has 76 valence electrons. The molecule has 0 N–H and O–H groups in total. The van der Waals surface area contributed by atoms with Gasteiger partial charge in [-0.2, -0.15) is 13.2 Å². The number of carbonyl (C=O) groups excluding carboxylic acids is 1. The summed E-state index contributed by atoms with van der Waals surface area (Å²) < 4.78 is 40.8. The average Bonchev–Trinajstić information content (AvgIpc) is 2.14.